The van der Waals surface area contributed by atoms with E-state index in [1.807, 2.05) is 6.92 Å². The Morgan fingerprint density at radius 3 is 2.33 bits per heavy atom. The highest BCUT2D eigenvalue weighted by atomic mass is 32.2. The molecule has 2 heterocycles. The molecule has 0 atom stereocenters. The second-order valence-electron chi connectivity index (χ2n) is 6.35. The van der Waals surface area contributed by atoms with Crippen LogP contribution >= 0.6 is 12.2 Å². The van der Waals surface area contributed by atoms with Crippen LogP contribution in [-0.4, -0.2) is 57.3 Å². The summed E-state index contributed by atoms with van der Waals surface area (Å²) in [5.41, 5.74) is 2.64. The Morgan fingerprint density at radius 2 is 1.70 bits per heavy atom. The first kappa shape index (κ1) is 19.2. The van der Waals surface area contributed by atoms with E-state index in [4.69, 9.17) is 4.55 Å². The van der Waals surface area contributed by atoms with E-state index < -0.39 is 0 Å². The molecule has 1 aromatic carbocycles. The van der Waals surface area contributed by atoms with Gasteiger partial charge < -0.3 is 19.1 Å². The number of rotatable bonds is 4. The molecule has 0 radical (unpaired) electrons. The van der Waals surface area contributed by atoms with Gasteiger partial charge in [-0.2, -0.15) is 0 Å². The molecule has 0 saturated carbocycles. The summed E-state index contributed by atoms with van der Waals surface area (Å²) >= 11 is 0.515. The van der Waals surface area contributed by atoms with Gasteiger partial charge in [0.1, 0.15) is 12.2 Å². The molecule has 0 spiro atoms. The summed E-state index contributed by atoms with van der Waals surface area (Å²) < 4.78 is 11.5. The predicted octanol–water partition coefficient (Wildman–Crippen LogP) is 2.91. The summed E-state index contributed by atoms with van der Waals surface area (Å²) in [7, 11) is 0. The topological polar surface area (TPSA) is 85.8 Å². The van der Waals surface area contributed by atoms with Crippen molar-refractivity contribution in [1.82, 2.24) is 14.8 Å². The normalized spacial score (nSPS) is 14.6. The van der Waals surface area contributed by atoms with Crippen molar-refractivity contribution in [3.63, 3.8) is 0 Å². The van der Waals surface area contributed by atoms with E-state index >= 15 is 0 Å². The van der Waals surface area contributed by atoms with Crippen molar-refractivity contribution in [2.45, 2.75) is 13.3 Å². The molecule has 2 N–H and O–H groups in total. The maximum atomic E-state index is 12.8. The Kier molecular flexibility index (Phi) is 6.31. The van der Waals surface area contributed by atoms with Crippen LogP contribution in [0.15, 0.2) is 42.6 Å². The van der Waals surface area contributed by atoms with Crippen LogP contribution < -0.4 is 4.72 Å². The van der Waals surface area contributed by atoms with E-state index in [9.17, 15) is 9.59 Å². The summed E-state index contributed by atoms with van der Waals surface area (Å²) in [6.45, 7) is 4.05. The van der Waals surface area contributed by atoms with Gasteiger partial charge in [0, 0.05) is 49.3 Å². The van der Waals surface area contributed by atoms with E-state index in [2.05, 4.69) is 9.71 Å². The van der Waals surface area contributed by atoms with Crippen molar-refractivity contribution in [2.24, 2.45) is 0 Å². The monoisotopic (exact) mass is 386 g/mol. The van der Waals surface area contributed by atoms with Gasteiger partial charge in [-0.25, -0.2) is 0 Å². The summed E-state index contributed by atoms with van der Waals surface area (Å²) in [6, 6.07) is 10.5. The summed E-state index contributed by atoms with van der Waals surface area (Å²) in [6.07, 6.45) is 2.41. The Hall–Kier alpha value is -2.58. The Morgan fingerprint density at radius 1 is 1.04 bits per heavy atom. The zero-order valence-corrected chi connectivity index (χ0v) is 15.9. The van der Waals surface area contributed by atoms with Crippen LogP contribution in [0.3, 0.4) is 0 Å². The molecule has 0 bridgehead atoms. The standard InChI is InChI=1S/C19H22N4O3S/c1-14-17(4-2-9-20-14)19(25)23-11-3-10-22(12-13-23)18(24)15-5-7-16(8-6-15)21-27-26/h2,4-9,21,26H,3,10-13H2,1H3. The smallest absolute Gasteiger partial charge is 0.255 e. The molecule has 142 valence electrons. The van der Waals surface area contributed by atoms with Crippen LogP contribution in [-0.2, 0) is 0 Å². The summed E-state index contributed by atoms with van der Waals surface area (Å²) in [5, 5.41) is 0. The molecule has 0 unspecified atom stereocenters. The lowest BCUT2D eigenvalue weighted by Gasteiger charge is -2.22. The summed E-state index contributed by atoms with van der Waals surface area (Å²) in [5.74, 6) is -0.0862. The second-order valence-corrected chi connectivity index (χ2v) is 6.73. The van der Waals surface area contributed by atoms with Crippen molar-refractivity contribution >= 4 is 29.7 Å². The van der Waals surface area contributed by atoms with Gasteiger partial charge >= 0.3 is 0 Å². The number of hydrogen-bond donors (Lipinski definition) is 2. The minimum Gasteiger partial charge on any atom is -0.337 e. The van der Waals surface area contributed by atoms with Crippen LogP contribution in [0, 0.1) is 6.92 Å². The maximum Gasteiger partial charge on any atom is 0.255 e. The van der Waals surface area contributed by atoms with Crippen LogP contribution in [0.5, 0.6) is 0 Å². The Balaban J connectivity index is 1.65. The van der Waals surface area contributed by atoms with E-state index in [-0.39, 0.29) is 11.8 Å². The number of anilines is 1. The molecule has 1 aliphatic rings. The first-order chi connectivity index (χ1) is 13.1. The molecular formula is C19H22N4O3S. The lowest BCUT2D eigenvalue weighted by molar-refractivity contribution is 0.0718. The maximum absolute atomic E-state index is 12.8. The summed E-state index contributed by atoms with van der Waals surface area (Å²) in [4.78, 5) is 33.3. The average molecular weight is 386 g/mol. The van der Waals surface area contributed by atoms with E-state index in [1.165, 1.54) is 0 Å². The third-order valence-electron chi connectivity index (χ3n) is 4.60. The average Bonchev–Trinajstić information content (AvgIpc) is 2.94. The molecule has 1 saturated heterocycles. The number of nitrogens with one attached hydrogen (secondary N) is 1. The van der Waals surface area contributed by atoms with Crippen molar-refractivity contribution in [1.29, 1.82) is 0 Å². The zero-order valence-electron chi connectivity index (χ0n) is 15.1. The number of benzene rings is 1. The van der Waals surface area contributed by atoms with Gasteiger partial charge in [-0.05, 0) is 49.7 Å². The number of pyridine rings is 1. The second kappa shape index (κ2) is 8.88. The molecule has 1 aromatic heterocycles. The minimum absolute atomic E-state index is 0.0353. The molecule has 1 aliphatic heterocycles. The van der Waals surface area contributed by atoms with E-state index in [1.54, 1.807) is 52.4 Å². The van der Waals surface area contributed by atoms with Crippen LogP contribution in [0.25, 0.3) is 0 Å². The number of aromatic nitrogens is 1. The quantitative estimate of drug-likeness (QED) is 0.621. The fourth-order valence-electron chi connectivity index (χ4n) is 3.12. The van der Waals surface area contributed by atoms with Gasteiger partial charge in [0.15, 0.2) is 0 Å². The van der Waals surface area contributed by atoms with Crippen molar-refractivity contribution in [3.05, 3.63) is 59.4 Å². The van der Waals surface area contributed by atoms with Crippen molar-refractivity contribution in [3.8, 4) is 0 Å². The fraction of sp³-hybridized carbons (Fsp3) is 0.316. The van der Waals surface area contributed by atoms with Crippen LogP contribution in [0.2, 0.25) is 0 Å². The predicted molar refractivity (Wildman–Crippen MR) is 106 cm³/mol. The number of aryl methyl sites for hydroxylation is 1. The van der Waals surface area contributed by atoms with Crippen molar-refractivity contribution in [2.75, 3.05) is 30.9 Å². The largest absolute Gasteiger partial charge is 0.337 e. The number of nitrogens with zero attached hydrogens (tertiary/aromatic N) is 3. The number of carbonyl (C=O) groups excluding carboxylic acids is 2. The van der Waals surface area contributed by atoms with Gasteiger partial charge in [0.25, 0.3) is 11.8 Å². The highest BCUT2D eigenvalue weighted by Crippen LogP contribution is 2.16. The number of amides is 2. The molecule has 2 aromatic rings. The third kappa shape index (κ3) is 4.58. The highest BCUT2D eigenvalue weighted by molar-refractivity contribution is 7.95. The number of hydrogen-bond acceptors (Lipinski definition) is 6. The SMILES string of the molecule is Cc1ncccc1C(=O)N1CCCN(C(=O)c2ccc(NSO)cc2)CC1. The molecule has 1 fully saturated rings. The van der Waals surface area contributed by atoms with Crippen molar-refractivity contribution < 1.29 is 14.1 Å². The fourth-order valence-corrected chi connectivity index (χ4v) is 3.36. The molecule has 0 aliphatic carbocycles. The van der Waals surface area contributed by atoms with Gasteiger partial charge in [-0.1, -0.05) is 0 Å². The Bertz CT molecular complexity index is 813. The van der Waals surface area contributed by atoms with E-state index in [0.717, 1.165) is 17.8 Å². The molecule has 7 nitrogen and oxygen atoms in total. The lowest BCUT2D eigenvalue weighted by Crippen LogP contribution is -2.37. The van der Waals surface area contributed by atoms with Gasteiger partial charge in [0.05, 0.1) is 5.56 Å². The number of carbonyl (C=O) groups is 2. The van der Waals surface area contributed by atoms with Gasteiger partial charge in [-0.15, -0.1) is 0 Å². The molecule has 27 heavy (non-hydrogen) atoms. The lowest BCUT2D eigenvalue weighted by atomic mass is 10.1. The Labute approximate surface area is 162 Å². The van der Waals surface area contributed by atoms with Gasteiger partial charge in [0.2, 0.25) is 0 Å². The molecule has 8 heteroatoms. The third-order valence-corrected chi connectivity index (χ3v) is 4.93. The first-order valence-electron chi connectivity index (χ1n) is 8.77. The van der Waals surface area contributed by atoms with Crippen LogP contribution in [0.4, 0.5) is 5.69 Å². The van der Waals surface area contributed by atoms with E-state index in [0.29, 0.717) is 49.5 Å². The highest BCUT2D eigenvalue weighted by Gasteiger charge is 2.24. The molecular weight excluding hydrogens is 364 g/mol. The first-order valence-corrected chi connectivity index (χ1v) is 9.54. The minimum atomic E-state index is -0.0509. The molecule has 2 amide bonds. The molecule has 3 rings (SSSR count). The van der Waals surface area contributed by atoms with Gasteiger partial charge in [-0.3, -0.25) is 14.6 Å². The zero-order chi connectivity index (χ0) is 19.2. The van der Waals surface area contributed by atoms with Crippen LogP contribution in [0.1, 0.15) is 32.8 Å².